The van der Waals surface area contributed by atoms with E-state index in [9.17, 15) is 9.59 Å². The zero-order valence-electron chi connectivity index (χ0n) is 32.5. The predicted molar refractivity (Wildman–Crippen MR) is 198 cm³/mol. The molecule has 0 bridgehead atoms. The molecule has 0 aliphatic heterocycles. The van der Waals surface area contributed by atoms with Gasteiger partial charge in [0.25, 0.3) is 0 Å². The molecule has 0 aromatic rings. The number of hydrogen-bond donors (Lipinski definition) is 1. The van der Waals surface area contributed by atoms with Gasteiger partial charge in [0, 0.05) is 12.8 Å². The Morgan fingerprint density at radius 3 is 1.73 bits per heavy atom. The molecule has 0 aliphatic carbocycles. The van der Waals surface area contributed by atoms with E-state index in [0.29, 0.717) is 31.3 Å². The summed E-state index contributed by atoms with van der Waals surface area (Å²) in [4.78, 5) is 24.9. The third-order valence-corrected chi connectivity index (χ3v) is 9.29. The first-order valence-corrected chi connectivity index (χ1v) is 20.3. The van der Waals surface area contributed by atoms with Crippen LogP contribution in [-0.4, -0.2) is 64.5 Å². The summed E-state index contributed by atoms with van der Waals surface area (Å²) in [6.45, 7) is 13.9. The summed E-state index contributed by atoms with van der Waals surface area (Å²) in [7, 11) is 1.87. The van der Waals surface area contributed by atoms with E-state index in [4.69, 9.17) is 23.7 Å². The lowest BCUT2D eigenvalue weighted by Crippen LogP contribution is -2.24. The SMILES string of the molecule is CCCCCCCCCCCCC(CCOC(=O)CCCCC(OCC(CC)CC)OCC(CCC)CCC)OC(=O)OCCCNC. The Labute approximate surface area is 296 Å². The molecule has 48 heavy (non-hydrogen) atoms. The van der Waals surface area contributed by atoms with Gasteiger partial charge in [-0.1, -0.05) is 118 Å². The Kier molecular flexibility index (Phi) is 34.4. The molecule has 0 rings (SSSR count). The lowest BCUT2D eigenvalue weighted by Gasteiger charge is -2.24. The highest BCUT2D eigenvalue weighted by Gasteiger charge is 2.18. The Morgan fingerprint density at radius 2 is 1.15 bits per heavy atom. The van der Waals surface area contributed by atoms with E-state index in [2.05, 4.69) is 39.9 Å². The van der Waals surface area contributed by atoms with Crippen molar-refractivity contribution in [2.45, 2.75) is 195 Å². The predicted octanol–water partition coefficient (Wildman–Crippen LogP) is 10.9. The fourth-order valence-corrected chi connectivity index (χ4v) is 6.01. The molecule has 0 amide bonds. The maximum absolute atomic E-state index is 12.6. The molecule has 8 heteroatoms. The fourth-order valence-electron chi connectivity index (χ4n) is 6.01. The first-order chi connectivity index (χ1) is 23.4. The van der Waals surface area contributed by atoms with Gasteiger partial charge >= 0.3 is 12.1 Å². The smallest absolute Gasteiger partial charge is 0.466 e. The van der Waals surface area contributed by atoms with Gasteiger partial charge in [0.05, 0.1) is 26.4 Å². The summed E-state index contributed by atoms with van der Waals surface area (Å²) in [6, 6.07) is 0. The minimum atomic E-state index is -0.631. The molecule has 0 radical (unpaired) electrons. The van der Waals surface area contributed by atoms with Crippen molar-refractivity contribution in [1.82, 2.24) is 5.32 Å². The number of esters is 1. The van der Waals surface area contributed by atoms with Crippen LogP contribution in [0.4, 0.5) is 4.79 Å². The molecule has 0 saturated heterocycles. The monoisotopic (exact) mass is 686 g/mol. The van der Waals surface area contributed by atoms with Crippen molar-refractivity contribution in [3.05, 3.63) is 0 Å². The van der Waals surface area contributed by atoms with Gasteiger partial charge in [0.1, 0.15) is 6.10 Å². The summed E-state index contributed by atoms with van der Waals surface area (Å²) in [5, 5.41) is 3.04. The number of hydrogen-bond acceptors (Lipinski definition) is 8. The van der Waals surface area contributed by atoms with E-state index in [1.807, 2.05) is 7.05 Å². The number of carbonyl (C=O) groups is 2. The van der Waals surface area contributed by atoms with Gasteiger partial charge in [-0.3, -0.25) is 4.79 Å². The number of carbonyl (C=O) groups excluding carboxylic acids is 2. The van der Waals surface area contributed by atoms with Crippen molar-refractivity contribution in [3.8, 4) is 0 Å². The van der Waals surface area contributed by atoms with Gasteiger partial charge in [-0.05, 0) is 76.8 Å². The second-order valence-corrected chi connectivity index (χ2v) is 13.7. The molecular weight excluding hydrogens is 606 g/mol. The topological polar surface area (TPSA) is 92.3 Å². The quantitative estimate of drug-likeness (QED) is 0.0396. The van der Waals surface area contributed by atoms with Crippen LogP contribution in [0.5, 0.6) is 0 Å². The minimum Gasteiger partial charge on any atom is -0.466 e. The van der Waals surface area contributed by atoms with Crippen LogP contribution in [0.15, 0.2) is 0 Å². The summed E-state index contributed by atoms with van der Waals surface area (Å²) in [5.41, 5.74) is 0. The van der Waals surface area contributed by atoms with Gasteiger partial charge in [0.15, 0.2) is 6.29 Å². The Morgan fingerprint density at radius 1 is 0.562 bits per heavy atom. The van der Waals surface area contributed by atoms with E-state index in [1.54, 1.807) is 0 Å². The van der Waals surface area contributed by atoms with Crippen molar-refractivity contribution in [1.29, 1.82) is 0 Å². The Bertz CT molecular complexity index is 697. The number of unbranched alkanes of at least 4 members (excludes halogenated alkanes) is 10. The first-order valence-electron chi connectivity index (χ1n) is 20.3. The molecule has 286 valence electrons. The van der Waals surface area contributed by atoms with Crippen LogP contribution in [0.3, 0.4) is 0 Å². The highest BCUT2D eigenvalue weighted by Crippen LogP contribution is 2.19. The molecule has 2 unspecified atom stereocenters. The van der Waals surface area contributed by atoms with Crippen molar-refractivity contribution in [3.63, 3.8) is 0 Å². The summed E-state index contributed by atoms with van der Waals surface area (Å²) in [6.07, 6.45) is 23.0. The van der Waals surface area contributed by atoms with E-state index < -0.39 is 6.16 Å². The zero-order chi connectivity index (χ0) is 35.5. The van der Waals surface area contributed by atoms with E-state index >= 15 is 0 Å². The number of nitrogens with one attached hydrogen (secondary N) is 1. The van der Waals surface area contributed by atoms with Crippen molar-refractivity contribution >= 4 is 12.1 Å². The maximum atomic E-state index is 12.6. The minimum absolute atomic E-state index is 0.205. The van der Waals surface area contributed by atoms with E-state index in [-0.39, 0.29) is 25.0 Å². The average molecular weight is 686 g/mol. The largest absolute Gasteiger partial charge is 0.508 e. The second-order valence-electron chi connectivity index (χ2n) is 13.7. The summed E-state index contributed by atoms with van der Waals surface area (Å²) >= 11 is 0. The number of rotatable bonds is 36. The van der Waals surface area contributed by atoms with Gasteiger partial charge in [-0.2, -0.15) is 0 Å². The highest BCUT2D eigenvalue weighted by atomic mass is 16.7. The van der Waals surface area contributed by atoms with E-state index in [1.165, 1.54) is 77.0 Å². The van der Waals surface area contributed by atoms with Crippen LogP contribution < -0.4 is 5.32 Å². The van der Waals surface area contributed by atoms with E-state index in [0.717, 1.165) is 77.5 Å². The third kappa shape index (κ3) is 29.5. The zero-order valence-corrected chi connectivity index (χ0v) is 32.5. The standard InChI is InChI=1S/C40H79NO7/c1-7-12-13-14-15-16-17-18-19-20-26-37(48-40(43)45-31-23-30-41-6)29-32-44-38(42)27-21-22-28-39(46-33-35(10-4)11-5)47-34-36(24-8-2)25-9-3/h35-37,39,41H,7-34H2,1-6H3. The van der Waals surface area contributed by atoms with Crippen LogP contribution in [0.25, 0.3) is 0 Å². The summed E-state index contributed by atoms with van der Waals surface area (Å²) < 4.78 is 29.0. The van der Waals surface area contributed by atoms with Crippen LogP contribution in [0.1, 0.15) is 182 Å². The molecule has 8 nitrogen and oxygen atoms in total. The van der Waals surface area contributed by atoms with Crippen LogP contribution in [0, 0.1) is 11.8 Å². The number of ether oxygens (including phenoxy) is 5. The van der Waals surface area contributed by atoms with Crippen LogP contribution >= 0.6 is 0 Å². The van der Waals surface area contributed by atoms with Crippen molar-refractivity contribution in [2.24, 2.45) is 11.8 Å². The highest BCUT2D eigenvalue weighted by molar-refractivity contribution is 5.69. The molecule has 0 aromatic carbocycles. The lowest BCUT2D eigenvalue weighted by molar-refractivity contribution is -0.162. The van der Waals surface area contributed by atoms with Gasteiger partial charge < -0.3 is 29.0 Å². The first kappa shape index (κ1) is 46.6. The van der Waals surface area contributed by atoms with Crippen LogP contribution in [0.2, 0.25) is 0 Å². The Balaban J connectivity index is 4.61. The molecular formula is C40H79NO7. The molecule has 0 aliphatic rings. The average Bonchev–Trinajstić information content (AvgIpc) is 3.08. The Hall–Kier alpha value is -1.38. The lowest BCUT2D eigenvalue weighted by atomic mass is 9.99. The van der Waals surface area contributed by atoms with Gasteiger partial charge in [-0.25, -0.2) is 4.79 Å². The molecule has 0 saturated carbocycles. The van der Waals surface area contributed by atoms with Crippen LogP contribution in [-0.2, 0) is 28.5 Å². The van der Waals surface area contributed by atoms with Gasteiger partial charge in [-0.15, -0.1) is 0 Å². The normalized spacial score (nSPS) is 12.8. The van der Waals surface area contributed by atoms with Gasteiger partial charge in [0.2, 0.25) is 0 Å². The molecule has 1 N–H and O–H groups in total. The molecule has 2 atom stereocenters. The molecule has 0 heterocycles. The van der Waals surface area contributed by atoms with Crippen molar-refractivity contribution < 1.29 is 33.3 Å². The second kappa shape index (κ2) is 35.4. The molecule has 0 aromatic heterocycles. The third-order valence-electron chi connectivity index (χ3n) is 9.29. The fraction of sp³-hybridized carbons (Fsp3) is 0.950. The molecule has 0 spiro atoms. The molecule has 0 fully saturated rings. The van der Waals surface area contributed by atoms with Crippen molar-refractivity contribution in [2.75, 3.05) is 40.0 Å². The maximum Gasteiger partial charge on any atom is 0.508 e. The summed E-state index contributed by atoms with van der Waals surface area (Å²) in [5.74, 6) is 0.919.